The zero-order valence-corrected chi connectivity index (χ0v) is 10.8. The molecule has 0 radical (unpaired) electrons. The van der Waals surface area contributed by atoms with E-state index in [2.05, 4.69) is 29.4 Å². The first kappa shape index (κ1) is 11.7. The van der Waals surface area contributed by atoms with Gasteiger partial charge in [-0.15, -0.1) is 0 Å². The Balaban J connectivity index is 1.87. The molecule has 0 aromatic heterocycles. The highest BCUT2D eigenvalue weighted by atomic mass is 32.1. The van der Waals surface area contributed by atoms with Crippen molar-refractivity contribution in [3.8, 4) is 0 Å². The third-order valence-electron chi connectivity index (χ3n) is 3.92. The van der Waals surface area contributed by atoms with E-state index in [0.717, 1.165) is 17.8 Å². The van der Waals surface area contributed by atoms with E-state index >= 15 is 0 Å². The summed E-state index contributed by atoms with van der Waals surface area (Å²) in [5.74, 6) is 1.03. The van der Waals surface area contributed by atoms with Gasteiger partial charge in [-0.3, -0.25) is 9.80 Å². The maximum Gasteiger partial charge on any atom is 0.0223 e. The number of piperidine rings is 1. The van der Waals surface area contributed by atoms with Crippen LogP contribution >= 0.6 is 12.6 Å². The summed E-state index contributed by atoms with van der Waals surface area (Å²) < 4.78 is 0. The highest BCUT2D eigenvalue weighted by Gasteiger charge is 2.32. The minimum absolute atomic E-state index is 0.749. The van der Waals surface area contributed by atoms with Crippen molar-refractivity contribution in [3.63, 3.8) is 0 Å². The molecule has 0 bridgehead atoms. The van der Waals surface area contributed by atoms with Crippen molar-refractivity contribution in [2.24, 2.45) is 0 Å². The molecule has 0 saturated carbocycles. The van der Waals surface area contributed by atoms with Gasteiger partial charge in [0.1, 0.15) is 0 Å². The molecular weight excluding hydrogens is 204 g/mol. The Morgan fingerprint density at radius 2 is 2.13 bits per heavy atom. The molecule has 2 saturated heterocycles. The van der Waals surface area contributed by atoms with Crippen molar-refractivity contribution in [1.82, 2.24) is 9.80 Å². The van der Waals surface area contributed by atoms with Gasteiger partial charge in [-0.2, -0.15) is 12.6 Å². The molecule has 0 N–H and O–H groups in total. The van der Waals surface area contributed by atoms with Crippen LogP contribution in [0.1, 0.15) is 32.6 Å². The lowest BCUT2D eigenvalue weighted by molar-refractivity contribution is 0.0157. The molecule has 3 heteroatoms. The summed E-state index contributed by atoms with van der Waals surface area (Å²) in [6.07, 6.45) is 5.51. The van der Waals surface area contributed by atoms with E-state index in [1.807, 2.05) is 0 Å². The van der Waals surface area contributed by atoms with Crippen molar-refractivity contribution in [1.29, 1.82) is 0 Å². The fraction of sp³-hybridized carbons (Fsp3) is 1.00. The van der Waals surface area contributed by atoms with Gasteiger partial charge in [-0.05, 0) is 45.0 Å². The van der Waals surface area contributed by atoms with Crippen LogP contribution in [0.2, 0.25) is 0 Å². The normalized spacial score (nSPS) is 34.0. The van der Waals surface area contributed by atoms with Crippen LogP contribution in [0.4, 0.5) is 0 Å². The summed E-state index contributed by atoms with van der Waals surface area (Å²) in [4.78, 5) is 5.38. The summed E-state index contributed by atoms with van der Waals surface area (Å²) in [7, 11) is 0. The molecule has 2 nitrogen and oxygen atoms in total. The van der Waals surface area contributed by atoms with Gasteiger partial charge in [0.05, 0.1) is 0 Å². The Morgan fingerprint density at radius 1 is 1.27 bits per heavy atom. The molecule has 2 heterocycles. The van der Waals surface area contributed by atoms with Crippen molar-refractivity contribution < 1.29 is 0 Å². The third kappa shape index (κ3) is 2.89. The van der Waals surface area contributed by atoms with Gasteiger partial charge in [0.25, 0.3) is 0 Å². The smallest absolute Gasteiger partial charge is 0.0223 e. The highest BCUT2D eigenvalue weighted by molar-refractivity contribution is 7.80. The van der Waals surface area contributed by atoms with Crippen LogP contribution in [-0.2, 0) is 0 Å². The maximum absolute atomic E-state index is 4.31. The molecule has 0 amide bonds. The Bertz CT molecular complexity index is 198. The second-order valence-electron chi connectivity index (χ2n) is 5.07. The van der Waals surface area contributed by atoms with Crippen molar-refractivity contribution >= 4 is 12.6 Å². The molecular formula is C12H24N2S. The van der Waals surface area contributed by atoms with Crippen LogP contribution in [0.15, 0.2) is 0 Å². The molecule has 2 unspecified atom stereocenters. The summed E-state index contributed by atoms with van der Waals surface area (Å²) in [6.45, 7) is 7.56. The molecule has 0 aliphatic carbocycles. The second kappa shape index (κ2) is 5.55. The molecule has 2 atom stereocenters. The lowest BCUT2D eigenvalue weighted by Gasteiger charge is -2.47. The Labute approximate surface area is 99.4 Å². The first-order valence-electron chi connectivity index (χ1n) is 6.40. The molecule has 0 spiro atoms. The number of hydrogen-bond acceptors (Lipinski definition) is 3. The van der Waals surface area contributed by atoms with Crippen LogP contribution in [-0.4, -0.2) is 53.8 Å². The highest BCUT2D eigenvalue weighted by Crippen LogP contribution is 2.23. The summed E-state index contributed by atoms with van der Waals surface area (Å²) in [5, 5.41) is 0. The van der Waals surface area contributed by atoms with Gasteiger partial charge in [0.2, 0.25) is 0 Å². The third-order valence-corrected chi connectivity index (χ3v) is 4.24. The summed E-state index contributed by atoms with van der Waals surface area (Å²) >= 11 is 4.31. The number of rotatable bonds is 3. The first-order valence-corrected chi connectivity index (χ1v) is 7.03. The van der Waals surface area contributed by atoms with Crippen LogP contribution in [0, 0.1) is 0 Å². The number of hydrogen-bond donors (Lipinski definition) is 1. The van der Waals surface area contributed by atoms with Gasteiger partial charge >= 0.3 is 0 Å². The predicted octanol–water partition coefficient (Wildman–Crippen LogP) is 1.86. The fourth-order valence-electron chi connectivity index (χ4n) is 3.00. The minimum Gasteiger partial charge on any atom is -0.298 e. The number of piperazine rings is 1. The standard InChI is InChI=1S/C12H24N2S/c1-11-9-14-6-3-2-5-12(14)10-13(11)7-4-8-15/h11-12,15H,2-10H2,1H3. The molecule has 2 aliphatic rings. The van der Waals surface area contributed by atoms with Gasteiger partial charge in [0.15, 0.2) is 0 Å². The van der Waals surface area contributed by atoms with Gasteiger partial charge in [-0.1, -0.05) is 6.42 Å². The topological polar surface area (TPSA) is 6.48 Å². The van der Waals surface area contributed by atoms with Gasteiger partial charge < -0.3 is 0 Å². The van der Waals surface area contributed by atoms with Crippen LogP contribution in [0.3, 0.4) is 0 Å². The van der Waals surface area contributed by atoms with E-state index < -0.39 is 0 Å². The monoisotopic (exact) mass is 228 g/mol. The number of nitrogens with zero attached hydrogens (tertiary/aromatic N) is 2. The lowest BCUT2D eigenvalue weighted by atomic mass is 9.97. The van der Waals surface area contributed by atoms with Gasteiger partial charge in [-0.25, -0.2) is 0 Å². The van der Waals surface area contributed by atoms with Crippen LogP contribution in [0.5, 0.6) is 0 Å². The maximum atomic E-state index is 4.31. The zero-order chi connectivity index (χ0) is 10.7. The van der Waals surface area contributed by atoms with E-state index in [1.54, 1.807) is 0 Å². The average Bonchev–Trinajstić information content (AvgIpc) is 2.26. The summed E-state index contributed by atoms with van der Waals surface area (Å²) in [5.41, 5.74) is 0. The molecule has 2 rings (SSSR count). The lowest BCUT2D eigenvalue weighted by Crippen LogP contribution is -2.58. The van der Waals surface area contributed by atoms with E-state index in [-0.39, 0.29) is 0 Å². The molecule has 2 aliphatic heterocycles. The molecule has 0 aromatic rings. The average molecular weight is 228 g/mol. The number of thiol groups is 1. The SMILES string of the molecule is CC1CN2CCCCC2CN1CCCS. The van der Waals surface area contributed by atoms with E-state index in [4.69, 9.17) is 0 Å². The predicted molar refractivity (Wildman–Crippen MR) is 68.7 cm³/mol. The van der Waals surface area contributed by atoms with Crippen molar-refractivity contribution in [2.45, 2.75) is 44.7 Å². The van der Waals surface area contributed by atoms with E-state index in [1.165, 1.54) is 51.9 Å². The van der Waals surface area contributed by atoms with E-state index in [0.29, 0.717) is 0 Å². The van der Waals surface area contributed by atoms with Gasteiger partial charge in [0, 0.05) is 25.2 Å². The zero-order valence-electron chi connectivity index (χ0n) is 9.86. The first-order chi connectivity index (χ1) is 7.31. The largest absolute Gasteiger partial charge is 0.298 e. The molecule has 0 aromatic carbocycles. The van der Waals surface area contributed by atoms with E-state index in [9.17, 15) is 0 Å². The van der Waals surface area contributed by atoms with Crippen LogP contribution < -0.4 is 0 Å². The number of fused-ring (bicyclic) bond motifs is 1. The minimum atomic E-state index is 0.749. The Kier molecular flexibility index (Phi) is 4.35. The Hall–Kier alpha value is 0.270. The fourth-order valence-corrected chi connectivity index (χ4v) is 3.14. The van der Waals surface area contributed by atoms with Crippen molar-refractivity contribution in [2.75, 3.05) is 31.9 Å². The quantitative estimate of drug-likeness (QED) is 0.737. The molecule has 88 valence electrons. The second-order valence-corrected chi connectivity index (χ2v) is 5.51. The summed E-state index contributed by atoms with van der Waals surface area (Å²) in [6, 6.07) is 1.61. The molecule has 15 heavy (non-hydrogen) atoms. The van der Waals surface area contributed by atoms with Crippen LogP contribution in [0.25, 0.3) is 0 Å². The van der Waals surface area contributed by atoms with Crippen molar-refractivity contribution in [3.05, 3.63) is 0 Å². The Morgan fingerprint density at radius 3 is 2.93 bits per heavy atom. The molecule has 2 fully saturated rings.